The molecule has 5 heteroatoms. The SMILES string of the molecule is CC(C)NC(=O)CCCC(=O)N(C)C1CCNCC1. The van der Waals surface area contributed by atoms with Crippen molar-refractivity contribution in [2.75, 3.05) is 20.1 Å². The Morgan fingerprint density at radius 1 is 1.26 bits per heavy atom. The van der Waals surface area contributed by atoms with Crippen LogP contribution in [0.4, 0.5) is 0 Å². The quantitative estimate of drug-likeness (QED) is 0.753. The average molecular weight is 269 g/mol. The van der Waals surface area contributed by atoms with Gasteiger partial charge in [0.15, 0.2) is 0 Å². The van der Waals surface area contributed by atoms with Crippen molar-refractivity contribution in [1.82, 2.24) is 15.5 Å². The summed E-state index contributed by atoms with van der Waals surface area (Å²) in [5, 5.41) is 6.13. The highest BCUT2D eigenvalue weighted by Gasteiger charge is 2.21. The van der Waals surface area contributed by atoms with Crippen molar-refractivity contribution in [1.29, 1.82) is 0 Å². The third kappa shape index (κ3) is 6.05. The topological polar surface area (TPSA) is 61.4 Å². The molecule has 0 aliphatic carbocycles. The smallest absolute Gasteiger partial charge is 0.222 e. The molecule has 0 aromatic rings. The molecule has 0 aromatic heterocycles. The van der Waals surface area contributed by atoms with Gasteiger partial charge < -0.3 is 15.5 Å². The van der Waals surface area contributed by atoms with Crippen LogP contribution in [-0.2, 0) is 9.59 Å². The normalized spacial score (nSPS) is 16.4. The second-order valence-corrected chi connectivity index (χ2v) is 5.56. The molecular formula is C14H27N3O2. The molecule has 5 nitrogen and oxygen atoms in total. The molecule has 0 saturated carbocycles. The number of nitrogens with one attached hydrogen (secondary N) is 2. The van der Waals surface area contributed by atoms with Gasteiger partial charge >= 0.3 is 0 Å². The first kappa shape index (κ1) is 16.0. The number of carbonyl (C=O) groups excluding carboxylic acids is 2. The largest absolute Gasteiger partial charge is 0.354 e. The fourth-order valence-corrected chi connectivity index (χ4v) is 2.37. The van der Waals surface area contributed by atoms with E-state index in [1.165, 1.54) is 0 Å². The number of hydrogen-bond acceptors (Lipinski definition) is 3. The van der Waals surface area contributed by atoms with Gasteiger partial charge in [-0.05, 0) is 46.2 Å². The molecule has 0 unspecified atom stereocenters. The Labute approximate surface area is 116 Å². The second kappa shape index (κ2) is 8.15. The lowest BCUT2D eigenvalue weighted by atomic mass is 10.0. The van der Waals surface area contributed by atoms with Crippen molar-refractivity contribution in [3.8, 4) is 0 Å². The molecular weight excluding hydrogens is 242 g/mol. The minimum Gasteiger partial charge on any atom is -0.354 e. The van der Waals surface area contributed by atoms with Gasteiger partial charge in [-0.25, -0.2) is 0 Å². The van der Waals surface area contributed by atoms with Gasteiger partial charge in [0.05, 0.1) is 0 Å². The van der Waals surface area contributed by atoms with Crippen molar-refractivity contribution >= 4 is 11.8 Å². The van der Waals surface area contributed by atoms with Crippen LogP contribution in [0.5, 0.6) is 0 Å². The Hall–Kier alpha value is -1.10. The molecule has 2 amide bonds. The molecule has 0 radical (unpaired) electrons. The van der Waals surface area contributed by atoms with Crippen LogP contribution < -0.4 is 10.6 Å². The molecule has 0 bridgehead atoms. The van der Waals surface area contributed by atoms with E-state index in [1.54, 1.807) is 0 Å². The Kier molecular flexibility index (Phi) is 6.84. The van der Waals surface area contributed by atoms with Crippen LogP contribution in [-0.4, -0.2) is 48.9 Å². The van der Waals surface area contributed by atoms with Gasteiger partial charge in [-0.15, -0.1) is 0 Å². The molecule has 2 N–H and O–H groups in total. The summed E-state index contributed by atoms with van der Waals surface area (Å²) in [5.41, 5.74) is 0. The maximum absolute atomic E-state index is 12.0. The van der Waals surface area contributed by atoms with Gasteiger partial charge in [-0.3, -0.25) is 9.59 Å². The van der Waals surface area contributed by atoms with E-state index in [1.807, 2.05) is 25.8 Å². The van der Waals surface area contributed by atoms with Crippen molar-refractivity contribution in [2.45, 2.75) is 58.0 Å². The fourth-order valence-electron chi connectivity index (χ4n) is 2.37. The summed E-state index contributed by atoms with van der Waals surface area (Å²) in [6.45, 7) is 5.85. The van der Waals surface area contributed by atoms with E-state index in [2.05, 4.69) is 10.6 Å². The van der Waals surface area contributed by atoms with Gasteiger partial charge in [0, 0.05) is 32.0 Å². The lowest BCUT2D eigenvalue weighted by molar-refractivity contribution is -0.132. The molecule has 1 aliphatic rings. The van der Waals surface area contributed by atoms with Crippen LogP contribution in [0.1, 0.15) is 46.0 Å². The van der Waals surface area contributed by atoms with Gasteiger partial charge in [0.25, 0.3) is 0 Å². The number of hydrogen-bond donors (Lipinski definition) is 2. The van der Waals surface area contributed by atoms with Crippen molar-refractivity contribution in [3.05, 3.63) is 0 Å². The molecule has 1 heterocycles. The summed E-state index contributed by atoms with van der Waals surface area (Å²) in [6.07, 6.45) is 3.58. The number of rotatable bonds is 6. The van der Waals surface area contributed by atoms with E-state index in [0.29, 0.717) is 25.3 Å². The first-order valence-corrected chi connectivity index (χ1v) is 7.26. The average Bonchev–Trinajstić information content (AvgIpc) is 2.37. The van der Waals surface area contributed by atoms with Crippen molar-refractivity contribution < 1.29 is 9.59 Å². The van der Waals surface area contributed by atoms with Crippen LogP contribution in [0, 0.1) is 0 Å². The van der Waals surface area contributed by atoms with Crippen LogP contribution in [0.2, 0.25) is 0 Å². The Morgan fingerprint density at radius 2 is 1.89 bits per heavy atom. The van der Waals surface area contributed by atoms with E-state index in [-0.39, 0.29) is 17.9 Å². The Bertz CT molecular complexity index is 299. The first-order chi connectivity index (χ1) is 9.00. The highest BCUT2D eigenvalue weighted by molar-refractivity contribution is 5.79. The number of carbonyl (C=O) groups is 2. The van der Waals surface area contributed by atoms with E-state index in [4.69, 9.17) is 0 Å². The Morgan fingerprint density at radius 3 is 2.47 bits per heavy atom. The molecule has 1 rings (SSSR count). The standard InChI is InChI=1S/C14H27N3O2/c1-11(2)16-13(18)5-4-6-14(19)17(3)12-7-9-15-10-8-12/h11-12,15H,4-10H2,1-3H3,(H,16,18). The molecule has 19 heavy (non-hydrogen) atoms. The molecule has 0 aromatic carbocycles. The van der Waals surface area contributed by atoms with Gasteiger partial charge in [-0.2, -0.15) is 0 Å². The fraction of sp³-hybridized carbons (Fsp3) is 0.857. The van der Waals surface area contributed by atoms with Crippen molar-refractivity contribution in [3.63, 3.8) is 0 Å². The van der Waals surface area contributed by atoms with Crippen LogP contribution >= 0.6 is 0 Å². The van der Waals surface area contributed by atoms with Crippen LogP contribution in [0.25, 0.3) is 0 Å². The summed E-state index contributed by atoms with van der Waals surface area (Å²) in [7, 11) is 1.88. The first-order valence-electron chi connectivity index (χ1n) is 7.26. The highest BCUT2D eigenvalue weighted by Crippen LogP contribution is 2.12. The van der Waals surface area contributed by atoms with Crippen LogP contribution in [0.3, 0.4) is 0 Å². The van der Waals surface area contributed by atoms with E-state index in [9.17, 15) is 9.59 Å². The molecule has 1 fully saturated rings. The molecule has 1 aliphatic heterocycles. The predicted molar refractivity (Wildman–Crippen MR) is 75.8 cm³/mol. The van der Waals surface area contributed by atoms with Gasteiger partial charge in [0.2, 0.25) is 11.8 Å². The molecule has 110 valence electrons. The molecule has 1 saturated heterocycles. The van der Waals surface area contributed by atoms with Crippen molar-refractivity contribution in [2.24, 2.45) is 0 Å². The highest BCUT2D eigenvalue weighted by atomic mass is 16.2. The summed E-state index contributed by atoms with van der Waals surface area (Å²) in [4.78, 5) is 25.3. The third-order valence-electron chi connectivity index (χ3n) is 3.49. The third-order valence-corrected chi connectivity index (χ3v) is 3.49. The zero-order valence-corrected chi connectivity index (χ0v) is 12.4. The van der Waals surface area contributed by atoms with E-state index >= 15 is 0 Å². The zero-order valence-electron chi connectivity index (χ0n) is 12.4. The molecule has 0 atom stereocenters. The monoisotopic (exact) mass is 269 g/mol. The number of nitrogens with zero attached hydrogens (tertiary/aromatic N) is 1. The summed E-state index contributed by atoms with van der Waals surface area (Å²) in [5.74, 6) is 0.191. The lowest BCUT2D eigenvalue weighted by Crippen LogP contribution is -2.43. The van der Waals surface area contributed by atoms with Gasteiger partial charge in [-0.1, -0.05) is 0 Å². The number of piperidine rings is 1. The maximum Gasteiger partial charge on any atom is 0.222 e. The maximum atomic E-state index is 12.0. The van der Waals surface area contributed by atoms with Gasteiger partial charge in [0.1, 0.15) is 0 Å². The minimum absolute atomic E-state index is 0.0346. The minimum atomic E-state index is 0.0346. The lowest BCUT2D eigenvalue weighted by Gasteiger charge is -2.31. The van der Waals surface area contributed by atoms with Crippen LogP contribution in [0.15, 0.2) is 0 Å². The summed E-state index contributed by atoms with van der Waals surface area (Å²) < 4.78 is 0. The second-order valence-electron chi connectivity index (χ2n) is 5.56. The summed E-state index contributed by atoms with van der Waals surface area (Å²) >= 11 is 0. The predicted octanol–water partition coefficient (Wildman–Crippen LogP) is 0.892. The van der Waals surface area contributed by atoms with E-state index in [0.717, 1.165) is 25.9 Å². The van der Waals surface area contributed by atoms with E-state index < -0.39 is 0 Å². The summed E-state index contributed by atoms with van der Waals surface area (Å²) in [6, 6.07) is 0.527. The number of amides is 2. The Balaban J connectivity index is 2.21. The molecule has 0 spiro atoms. The zero-order chi connectivity index (χ0) is 14.3.